The van der Waals surface area contributed by atoms with E-state index in [0.29, 0.717) is 6.61 Å². The van der Waals surface area contributed by atoms with Gasteiger partial charge in [-0.25, -0.2) is 0 Å². The summed E-state index contributed by atoms with van der Waals surface area (Å²) in [6, 6.07) is 14.5. The zero-order valence-corrected chi connectivity index (χ0v) is 13.0. The van der Waals surface area contributed by atoms with Crippen LogP contribution in [0, 0.1) is 0 Å². The molecular weight excluding hydrogens is 272 g/mol. The second-order valence-corrected chi connectivity index (χ2v) is 5.72. The van der Waals surface area contributed by atoms with Crippen molar-refractivity contribution in [3.05, 3.63) is 70.8 Å². The number of hydrogen-bond acceptors (Lipinski definition) is 2. The van der Waals surface area contributed by atoms with Crippen LogP contribution in [0.15, 0.2) is 48.5 Å². The molecule has 0 aliphatic heterocycles. The summed E-state index contributed by atoms with van der Waals surface area (Å²) in [7, 11) is 0. The van der Waals surface area contributed by atoms with Gasteiger partial charge in [0.2, 0.25) is 0 Å². The highest BCUT2D eigenvalue weighted by Gasteiger charge is 2.19. The number of aliphatic hydroxyl groups is 1. The summed E-state index contributed by atoms with van der Waals surface area (Å²) >= 11 is 0. The third kappa shape index (κ3) is 3.40. The summed E-state index contributed by atoms with van der Waals surface area (Å²) in [5.41, 5.74) is 4.79. The number of rotatable bonds is 5. The lowest BCUT2D eigenvalue weighted by atomic mass is 10.1. The highest BCUT2D eigenvalue weighted by molar-refractivity contribution is 5.53. The van der Waals surface area contributed by atoms with Gasteiger partial charge in [-0.15, -0.1) is 0 Å². The van der Waals surface area contributed by atoms with E-state index in [0.717, 1.165) is 36.1 Å². The minimum Gasteiger partial charge on any atom is -0.490 e. The third-order valence-corrected chi connectivity index (χ3v) is 4.20. The first-order valence-electron chi connectivity index (χ1n) is 7.95. The molecule has 2 aromatic carbocycles. The van der Waals surface area contributed by atoms with E-state index >= 15 is 0 Å². The monoisotopic (exact) mass is 294 g/mol. The summed E-state index contributed by atoms with van der Waals surface area (Å²) in [4.78, 5) is 0. The molecule has 0 amide bonds. The maximum absolute atomic E-state index is 9.92. The fourth-order valence-corrected chi connectivity index (χ4v) is 2.85. The molecule has 0 saturated heterocycles. The van der Waals surface area contributed by atoms with Crippen molar-refractivity contribution in [2.75, 3.05) is 6.61 Å². The van der Waals surface area contributed by atoms with Gasteiger partial charge in [0.25, 0.3) is 0 Å². The summed E-state index contributed by atoms with van der Waals surface area (Å²) in [6.45, 7) is 2.69. The first-order valence-corrected chi connectivity index (χ1v) is 7.95. The molecule has 0 bridgehead atoms. The molecule has 0 saturated carbocycles. The van der Waals surface area contributed by atoms with Gasteiger partial charge in [-0.2, -0.15) is 0 Å². The van der Waals surface area contributed by atoms with Crippen molar-refractivity contribution >= 4 is 6.08 Å². The second-order valence-electron chi connectivity index (χ2n) is 5.72. The van der Waals surface area contributed by atoms with Crippen LogP contribution in [0.5, 0.6) is 5.75 Å². The van der Waals surface area contributed by atoms with Gasteiger partial charge < -0.3 is 9.84 Å². The molecule has 22 heavy (non-hydrogen) atoms. The molecule has 2 nitrogen and oxygen atoms in total. The Labute approximate surface area is 132 Å². The first kappa shape index (κ1) is 14.9. The molecule has 0 radical (unpaired) electrons. The van der Waals surface area contributed by atoms with Gasteiger partial charge in [0, 0.05) is 0 Å². The van der Waals surface area contributed by atoms with Crippen LogP contribution < -0.4 is 4.74 Å². The minimum absolute atomic E-state index is 0.295. The van der Waals surface area contributed by atoms with Crippen molar-refractivity contribution in [1.82, 2.24) is 0 Å². The predicted octanol–water partition coefficient (Wildman–Crippen LogP) is 4.32. The van der Waals surface area contributed by atoms with Crippen molar-refractivity contribution in [1.29, 1.82) is 0 Å². The van der Waals surface area contributed by atoms with E-state index < -0.39 is 0 Å². The van der Waals surface area contributed by atoms with Crippen molar-refractivity contribution in [2.24, 2.45) is 0 Å². The van der Waals surface area contributed by atoms with Crippen LogP contribution in [0.3, 0.4) is 0 Å². The smallest absolute Gasteiger partial charge is 0.119 e. The van der Waals surface area contributed by atoms with Crippen LogP contribution in [0.25, 0.3) is 6.08 Å². The van der Waals surface area contributed by atoms with E-state index in [-0.39, 0.29) is 6.10 Å². The Morgan fingerprint density at radius 2 is 2.00 bits per heavy atom. The lowest BCUT2D eigenvalue weighted by molar-refractivity contribution is 0.180. The van der Waals surface area contributed by atoms with Crippen molar-refractivity contribution in [3.8, 4) is 5.75 Å². The Kier molecular flexibility index (Phi) is 4.59. The molecule has 1 unspecified atom stereocenters. The van der Waals surface area contributed by atoms with Crippen LogP contribution in [0.1, 0.15) is 41.7 Å². The molecular formula is C20H22O2. The van der Waals surface area contributed by atoms with Gasteiger partial charge in [-0.3, -0.25) is 0 Å². The van der Waals surface area contributed by atoms with E-state index in [1.54, 1.807) is 0 Å². The maximum atomic E-state index is 9.92. The summed E-state index contributed by atoms with van der Waals surface area (Å²) in [6.07, 6.45) is 6.64. The second kappa shape index (κ2) is 6.80. The SMILES string of the molecule is CCc1ccc(OCC=Cc2ccc3c(c2)C(O)CC3)cc1. The Morgan fingerprint density at radius 3 is 2.77 bits per heavy atom. The van der Waals surface area contributed by atoms with Crippen molar-refractivity contribution < 1.29 is 9.84 Å². The number of aliphatic hydroxyl groups excluding tert-OH is 1. The van der Waals surface area contributed by atoms with Crippen LogP contribution in [0.4, 0.5) is 0 Å². The highest BCUT2D eigenvalue weighted by atomic mass is 16.5. The number of aryl methyl sites for hydroxylation is 2. The molecule has 1 N–H and O–H groups in total. The Morgan fingerprint density at radius 1 is 1.18 bits per heavy atom. The molecule has 0 spiro atoms. The summed E-state index contributed by atoms with van der Waals surface area (Å²) in [5, 5.41) is 9.92. The number of benzene rings is 2. The number of fused-ring (bicyclic) bond motifs is 1. The van der Waals surface area contributed by atoms with Gasteiger partial charge in [-0.1, -0.05) is 37.3 Å². The maximum Gasteiger partial charge on any atom is 0.119 e. The fourth-order valence-electron chi connectivity index (χ4n) is 2.85. The number of hydrogen-bond donors (Lipinski definition) is 1. The Bertz CT molecular complexity index is 656. The summed E-state index contributed by atoms with van der Waals surface area (Å²) in [5.74, 6) is 0.895. The lowest BCUT2D eigenvalue weighted by Gasteiger charge is -2.05. The highest BCUT2D eigenvalue weighted by Crippen LogP contribution is 2.31. The Hall–Kier alpha value is -2.06. The van der Waals surface area contributed by atoms with Gasteiger partial charge in [0.15, 0.2) is 0 Å². The van der Waals surface area contributed by atoms with Crippen LogP contribution in [-0.2, 0) is 12.8 Å². The lowest BCUT2D eigenvalue weighted by Crippen LogP contribution is -1.94. The minimum atomic E-state index is -0.295. The normalized spacial score (nSPS) is 16.9. The molecule has 2 aromatic rings. The largest absolute Gasteiger partial charge is 0.490 e. The van der Waals surface area contributed by atoms with E-state index in [4.69, 9.17) is 4.74 Å². The average molecular weight is 294 g/mol. The van der Waals surface area contributed by atoms with Gasteiger partial charge in [0.05, 0.1) is 6.10 Å². The van der Waals surface area contributed by atoms with Crippen LogP contribution in [-0.4, -0.2) is 11.7 Å². The standard InChI is InChI=1S/C20H22O2/c1-2-15-6-10-18(11-7-15)22-13-3-4-16-5-8-17-9-12-20(21)19(17)14-16/h3-8,10-11,14,20-21H,2,9,12-13H2,1H3. The van der Waals surface area contributed by atoms with Crippen molar-refractivity contribution in [3.63, 3.8) is 0 Å². The quantitative estimate of drug-likeness (QED) is 0.890. The first-order chi connectivity index (χ1) is 10.8. The zero-order chi connectivity index (χ0) is 15.4. The molecule has 0 fully saturated rings. The van der Waals surface area contributed by atoms with E-state index in [1.807, 2.05) is 24.3 Å². The molecule has 1 atom stereocenters. The van der Waals surface area contributed by atoms with Gasteiger partial charge in [-0.05, 0) is 65.8 Å². The van der Waals surface area contributed by atoms with E-state index in [1.165, 1.54) is 11.1 Å². The third-order valence-electron chi connectivity index (χ3n) is 4.20. The van der Waals surface area contributed by atoms with E-state index in [9.17, 15) is 5.11 Å². The van der Waals surface area contributed by atoms with Crippen molar-refractivity contribution in [2.45, 2.75) is 32.3 Å². The van der Waals surface area contributed by atoms with Crippen LogP contribution in [0.2, 0.25) is 0 Å². The summed E-state index contributed by atoms with van der Waals surface area (Å²) < 4.78 is 5.70. The van der Waals surface area contributed by atoms with Gasteiger partial charge in [0.1, 0.15) is 12.4 Å². The molecule has 1 aliphatic carbocycles. The molecule has 3 rings (SSSR count). The topological polar surface area (TPSA) is 29.5 Å². The fraction of sp³-hybridized carbons (Fsp3) is 0.300. The van der Waals surface area contributed by atoms with Crippen LogP contribution >= 0.6 is 0 Å². The molecule has 114 valence electrons. The average Bonchev–Trinajstić information content (AvgIpc) is 2.93. The Balaban J connectivity index is 1.57. The molecule has 1 aliphatic rings. The van der Waals surface area contributed by atoms with Gasteiger partial charge >= 0.3 is 0 Å². The number of ether oxygens (including phenoxy) is 1. The predicted molar refractivity (Wildman–Crippen MR) is 90.1 cm³/mol. The van der Waals surface area contributed by atoms with E-state index in [2.05, 4.69) is 37.3 Å². The molecule has 0 aromatic heterocycles. The molecule has 0 heterocycles. The molecule has 2 heteroatoms. The zero-order valence-electron chi connectivity index (χ0n) is 13.0.